The highest BCUT2D eigenvalue weighted by Gasteiger charge is 2.35. The molecule has 1 fully saturated rings. The SMILES string of the molecule is Brc1ccccc1C(c1ccccc1)[C@@H]1CO1. The zero-order chi connectivity index (χ0) is 11.7. The smallest absolute Gasteiger partial charge is 0.0919 e. The lowest BCUT2D eigenvalue weighted by Crippen LogP contribution is -2.08. The third-order valence-electron chi connectivity index (χ3n) is 3.13. The topological polar surface area (TPSA) is 12.5 Å². The second kappa shape index (κ2) is 4.63. The summed E-state index contributed by atoms with van der Waals surface area (Å²) in [5.41, 5.74) is 2.63. The fraction of sp³-hybridized carbons (Fsp3) is 0.200. The van der Waals surface area contributed by atoms with Gasteiger partial charge >= 0.3 is 0 Å². The molecule has 1 aliphatic heterocycles. The Bertz CT molecular complexity index is 505. The number of benzene rings is 2. The lowest BCUT2D eigenvalue weighted by molar-refractivity contribution is 0.389. The van der Waals surface area contributed by atoms with Gasteiger partial charge in [0, 0.05) is 10.4 Å². The van der Waals surface area contributed by atoms with Gasteiger partial charge in [-0.2, -0.15) is 0 Å². The molecule has 1 heterocycles. The third-order valence-corrected chi connectivity index (χ3v) is 3.85. The van der Waals surface area contributed by atoms with Crippen molar-refractivity contribution >= 4 is 15.9 Å². The van der Waals surface area contributed by atoms with E-state index >= 15 is 0 Å². The Kier molecular flexibility index (Phi) is 3.00. The van der Waals surface area contributed by atoms with Crippen LogP contribution in [0, 0.1) is 0 Å². The molecule has 2 aromatic carbocycles. The summed E-state index contributed by atoms with van der Waals surface area (Å²) in [6.07, 6.45) is 0.330. The molecule has 0 amide bonds. The molecule has 1 nitrogen and oxygen atoms in total. The van der Waals surface area contributed by atoms with E-state index in [4.69, 9.17) is 4.74 Å². The summed E-state index contributed by atoms with van der Waals surface area (Å²) in [6, 6.07) is 19.0. The van der Waals surface area contributed by atoms with Gasteiger partial charge in [0.05, 0.1) is 12.7 Å². The second-order valence-electron chi connectivity index (χ2n) is 4.28. The van der Waals surface area contributed by atoms with Gasteiger partial charge < -0.3 is 4.74 Å². The standard InChI is InChI=1S/C15H13BrO/c16-13-9-5-4-8-12(13)15(14-10-17-14)11-6-2-1-3-7-11/h1-9,14-15H,10H2/t14-,15?/m0/s1. The van der Waals surface area contributed by atoms with E-state index in [9.17, 15) is 0 Å². The van der Waals surface area contributed by atoms with Gasteiger partial charge in [-0.1, -0.05) is 64.5 Å². The number of halogens is 1. The molecule has 2 aromatic rings. The Labute approximate surface area is 110 Å². The van der Waals surface area contributed by atoms with Crippen LogP contribution in [0.2, 0.25) is 0 Å². The van der Waals surface area contributed by atoms with Crippen molar-refractivity contribution < 1.29 is 4.74 Å². The highest BCUT2D eigenvalue weighted by atomic mass is 79.9. The Balaban J connectivity index is 2.04. The molecule has 2 heteroatoms. The molecule has 86 valence electrons. The molecule has 0 radical (unpaired) electrons. The quantitative estimate of drug-likeness (QED) is 0.779. The zero-order valence-electron chi connectivity index (χ0n) is 9.34. The summed E-state index contributed by atoms with van der Waals surface area (Å²) in [4.78, 5) is 0. The van der Waals surface area contributed by atoms with Crippen molar-refractivity contribution in [2.45, 2.75) is 12.0 Å². The van der Waals surface area contributed by atoms with Gasteiger partial charge in [-0.05, 0) is 17.2 Å². The van der Waals surface area contributed by atoms with E-state index in [1.165, 1.54) is 11.1 Å². The van der Waals surface area contributed by atoms with Gasteiger partial charge in [0.15, 0.2) is 0 Å². The fourth-order valence-electron chi connectivity index (χ4n) is 2.23. The maximum absolute atomic E-state index is 5.51. The van der Waals surface area contributed by atoms with Gasteiger partial charge in [-0.15, -0.1) is 0 Å². The van der Waals surface area contributed by atoms with Crippen molar-refractivity contribution in [3.63, 3.8) is 0 Å². The lowest BCUT2D eigenvalue weighted by atomic mass is 9.89. The van der Waals surface area contributed by atoms with Crippen molar-refractivity contribution in [3.8, 4) is 0 Å². The molecule has 0 aliphatic carbocycles. The minimum Gasteiger partial charge on any atom is -0.372 e. The average Bonchev–Trinajstić information content (AvgIpc) is 3.18. The van der Waals surface area contributed by atoms with E-state index in [0.29, 0.717) is 12.0 Å². The molecule has 1 saturated heterocycles. The largest absolute Gasteiger partial charge is 0.372 e. The number of epoxide rings is 1. The third kappa shape index (κ3) is 2.28. The Morgan fingerprint density at radius 2 is 1.65 bits per heavy atom. The molecule has 0 spiro atoms. The number of ether oxygens (including phenoxy) is 1. The zero-order valence-corrected chi connectivity index (χ0v) is 10.9. The van der Waals surface area contributed by atoms with Crippen LogP contribution in [0.25, 0.3) is 0 Å². The Morgan fingerprint density at radius 3 is 2.29 bits per heavy atom. The predicted octanol–water partition coefficient (Wildman–Crippen LogP) is 3.98. The molecule has 17 heavy (non-hydrogen) atoms. The van der Waals surface area contributed by atoms with E-state index in [2.05, 4.69) is 58.4 Å². The van der Waals surface area contributed by atoms with E-state index in [1.807, 2.05) is 12.1 Å². The molecular weight excluding hydrogens is 276 g/mol. The van der Waals surface area contributed by atoms with E-state index < -0.39 is 0 Å². The Hall–Kier alpha value is -1.12. The van der Waals surface area contributed by atoms with E-state index in [1.54, 1.807) is 0 Å². The van der Waals surface area contributed by atoms with Crippen molar-refractivity contribution in [1.29, 1.82) is 0 Å². The lowest BCUT2D eigenvalue weighted by Gasteiger charge is -2.17. The highest BCUT2D eigenvalue weighted by Crippen LogP contribution is 2.38. The highest BCUT2D eigenvalue weighted by molar-refractivity contribution is 9.10. The summed E-state index contributed by atoms with van der Waals surface area (Å²) in [5, 5.41) is 0. The van der Waals surface area contributed by atoms with E-state index in [0.717, 1.165) is 11.1 Å². The van der Waals surface area contributed by atoms with Crippen LogP contribution >= 0.6 is 15.9 Å². The van der Waals surface area contributed by atoms with Gasteiger partial charge in [-0.25, -0.2) is 0 Å². The Morgan fingerprint density at radius 1 is 1.00 bits per heavy atom. The molecule has 0 bridgehead atoms. The summed E-state index contributed by atoms with van der Waals surface area (Å²) in [7, 11) is 0. The van der Waals surface area contributed by atoms with Crippen LogP contribution in [0.5, 0.6) is 0 Å². The molecule has 0 saturated carbocycles. The van der Waals surface area contributed by atoms with Gasteiger partial charge in [-0.3, -0.25) is 0 Å². The summed E-state index contributed by atoms with van der Waals surface area (Å²) in [6.45, 7) is 0.862. The molecular formula is C15H13BrO. The average molecular weight is 289 g/mol. The maximum Gasteiger partial charge on any atom is 0.0919 e. The van der Waals surface area contributed by atoms with Crippen LogP contribution in [0.15, 0.2) is 59.1 Å². The van der Waals surface area contributed by atoms with Crippen molar-refractivity contribution in [3.05, 3.63) is 70.2 Å². The molecule has 0 aromatic heterocycles. The first-order chi connectivity index (χ1) is 8.36. The summed E-state index contributed by atoms with van der Waals surface area (Å²) in [5.74, 6) is 0.340. The van der Waals surface area contributed by atoms with Crippen LogP contribution in [-0.4, -0.2) is 12.7 Å². The first-order valence-corrected chi connectivity index (χ1v) is 6.56. The van der Waals surface area contributed by atoms with Crippen LogP contribution in [0.4, 0.5) is 0 Å². The first kappa shape index (κ1) is 11.0. The van der Waals surface area contributed by atoms with E-state index in [-0.39, 0.29) is 0 Å². The maximum atomic E-state index is 5.51. The second-order valence-corrected chi connectivity index (χ2v) is 5.14. The summed E-state index contributed by atoms with van der Waals surface area (Å²) >= 11 is 3.63. The van der Waals surface area contributed by atoms with Gasteiger partial charge in [0.1, 0.15) is 0 Å². The number of hydrogen-bond donors (Lipinski definition) is 0. The fourth-order valence-corrected chi connectivity index (χ4v) is 2.76. The van der Waals surface area contributed by atoms with Crippen LogP contribution < -0.4 is 0 Å². The van der Waals surface area contributed by atoms with Crippen LogP contribution in [0.1, 0.15) is 17.0 Å². The predicted molar refractivity (Wildman–Crippen MR) is 72.2 cm³/mol. The van der Waals surface area contributed by atoms with Crippen molar-refractivity contribution in [1.82, 2.24) is 0 Å². The van der Waals surface area contributed by atoms with Crippen molar-refractivity contribution in [2.75, 3.05) is 6.61 Å². The number of rotatable bonds is 3. The number of hydrogen-bond acceptors (Lipinski definition) is 1. The normalized spacial score (nSPS) is 19.9. The molecule has 0 N–H and O–H groups in total. The van der Waals surface area contributed by atoms with Gasteiger partial charge in [0.2, 0.25) is 0 Å². The van der Waals surface area contributed by atoms with Crippen LogP contribution in [-0.2, 0) is 4.74 Å². The van der Waals surface area contributed by atoms with Crippen molar-refractivity contribution in [2.24, 2.45) is 0 Å². The minimum atomic E-state index is 0.330. The molecule has 2 atom stereocenters. The molecule has 1 aliphatic rings. The molecule has 1 unspecified atom stereocenters. The first-order valence-electron chi connectivity index (χ1n) is 5.77. The monoisotopic (exact) mass is 288 g/mol. The van der Waals surface area contributed by atoms with Gasteiger partial charge in [0.25, 0.3) is 0 Å². The summed E-state index contributed by atoms with van der Waals surface area (Å²) < 4.78 is 6.67. The molecule has 3 rings (SSSR count). The minimum absolute atomic E-state index is 0.330. The van der Waals surface area contributed by atoms with Crippen LogP contribution in [0.3, 0.4) is 0 Å².